The van der Waals surface area contributed by atoms with Crippen LogP contribution in [0.4, 0.5) is 0 Å². The third-order valence-corrected chi connectivity index (χ3v) is 2.57. The van der Waals surface area contributed by atoms with E-state index in [9.17, 15) is 9.59 Å². The van der Waals surface area contributed by atoms with Gasteiger partial charge >= 0.3 is 5.97 Å². The van der Waals surface area contributed by atoms with E-state index in [1.807, 2.05) is 19.1 Å². The number of carbonyl (C=O) groups is 2. The number of hydrogen-bond donors (Lipinski definition) is 2. The number of benzene rings is 1. The molecule has 1 rings (SSSR count). The van der Waals surface area contributed by atoms with Crippen molar-refractivity contribution in [2.45, 2.75) is 25.8 Å². The molecule has 0 spiro atoms. The lowest BCUT2D eigenvalue weighted by Gasteiger charge is -2.14. The van der Waals surface area contributed by atoms with Crippen molar-refractivity contribution in [3.63, 3.8) is 0 Å². The maximum atomic E-state index is 11.4. The van der Waals surface area contributed by atoms with Crippen molar-refractivity contribution < 1.29 is 14.7 Å². The standard InChI is InChI=1S/C12H14ClNO3/c1-8(9-2-4-10(13)5-3-9)14-11(15)6-7-12(16)17/h2-5,8H,6-7H2,1H3,(H,14,15)(H,16,17)/t8-/m1/s1. The van der Waals surface area contributed by atoms with E-state index in [1.54, 1.807) is 12.1 Å². The Kier molecular flexibility index (Phi) is 4.97. The van der Waals surface area contributed by atoms with Crippen LogP contribution in [-0.4, -0.2) is 17.0 Å². The zero-order chi connectivity index (χ0) is 12.8. The summed E-state index contributed by atoms with van der Waals surface area (Å²) in [5.74, 6) is -1.24. The van der Waals surface area contributed by atoms with Crippen molar-refractivity contribution in [3.05, 3.63) is 34.9 Å². The molecule has 0 heterocycles. The van der Waals surface area contributed by atoms with Gasteiger partial charge in [0, 0.05) is 11.4 Å². The van der Waals surface area contributed by atoms with Gasteiger partial charge in [0.05, 0.1) is 12.5 Å². The molecule has 0 aliphatic rings. The van der Waals surface area contributed by atoms with Gasteiger partial charge in [0.15, 0.2) is 0 Å². The summed E-state index contributed by atoms with van der Waals surface area (Å²) in [6.07, 6.45) is -0.160. The number of hydrogen-bond acceptors (Lipinski definition) is 2. The molecule has 0 aliphatic carbocycles. The third-order valence-electron chi connectivity index (χ3n) is 2.31. The minimum absolute atomic E-state index is 0.00668. The lowest BCUT2D eigenvalue weighted by molar-refractivity contribution is -0.138. The first-order valence-electron chi connectivity index (χ1n) is 5.25. The molecule has 2 N–H and O–H groups in total. The number of nitrogens with one attached hydrogen (secondary N) is 1. The van der Waals surface area contributed by atoms with Crippen LogP contribution in [0.2, 0.25) is 5.02 Å². The first-order valence-corrected chi connectivity index (χ1v) is 5.63. The van der Waals surface area contributed by atoms with Gasteiger partial charge in [0.2, 0.25) is 5.91 Å². The Bertz CT molecular complexity index is 403. The first kappa shape index (κ1) is 13.5. The predicted octanol–water partition coefficient (Wildman–Crippen LogP) is 2.38. The van der Waals surface area contributed by atoms with E-state index in [1.165, 1.54) is 0 Å². The van der Waals surface area contributed by atoms with E-state index in [2.05, 4.69) is 5.32 Å². The SMILES string of the molecule is C[C@@H](NC(=O)CCC(=O)O)c1ccc(Cl)cc1. The summed E-state index contributed by atoms with van der Waals surface area (Å²) in [5, 5.41) is 11.8. The van der Waals surface area contributed by atoms with Crippen molar-refractivity contribution in [1.29, 1.82) is 0 Å². The Hall–Kier alpha value is -1.55. The fraction of sp³-hybridized carbons (Fsp3) is 0.333. The Balaban J connectivity index is 2.48. The molecule has 0 saturated heterocycles. The highest BCUT2D eigenvalue weighted by atomic mass is 35.5. The van der Waals surface area contributed by atoms with Gasteiger partial charge in [-0.2, -0.15) is 0 Å². The molecule has 5 heteroatoms. The van der Waals surface area contributed by atoms with Gasteiger partial charge in [0.25, 0.3) is 0 Å². The van der Waals surface area contributed by atoms with Crippen molar-refractivity contribution in [1.82, 2.24) is 5.32 Å². The van der Waals surface area contributed by atoms with E-state index < -0.39 is 5.97 Å². The summed E-state index contributed by atoms with van der Waals surface area (Å²) in [7, 11) is 0. The van der Waals surface area contributed by atoms with Crippen molar-refractivity contribution in [2.75, 3.05) is 0 Å². The molecule has 0 radical (unpaired) electrons. The quantitative estimate of drug-likeness (QED) is 0.849. The van der Waals surface area contributed by atoms with Crippen LogP contribution < -0.4 is 5.32 Å². The van der Waals surface area contributed by atoms with Gasteiger partial charge in [0.1, 0.15) is 0 Å². The van der Waals surface area contributed by atoms with Gasteiger partial charge < -0.3 is 10.4 Å². The smallest absolute Gasteiger partial charge is 0.303 e. The molecule has 0 aliphatic heterocycles. The number of carboxylic acids is 1. The van der Waals surface area contributed by atoms with Gasteiger partial charge in [-0.1, -0.05) is 23.7 Å². The topological polar surface area (TPSA) is 66.4 Å². The fourth-order valence-corrected chi connectivity index (χ4v) is 1.49. The molecule has 17 heavy (non-hydrogen) atoms. The summed E-state index contributed by atoms with van der Waals surface area (Å²) in [6, 6.07) is 6.98. The van der Waals surface area contributed by atoms with Crippen molar-refractivity contribution in [3.8, 4) is 0 Å². The lowest BCUT2D eigenvalue weighted by atomic mass is 10.1. The number of aliphatic carboxylic acids is 1. The van der Waals surface area contributed by atoms with Crippen LogP contribution in [0.15, 0.2) is 24.3 Å². The number of carbonyl (C=O) groups excluding carboxylic acids is 1. The zero-order valence-electron chi connectivity index (χ0n) is 9.44. The number of rotatable bonds is 5. The van der Waals surface area contributed by atoms with E-state index in [-0.39, 0.29) is 24.8 Å². The molecule has 1 amide bonds. The number of carboxylic acid groups (broad SMARTS) is 1. The molecule has 92 valence electrons. The molecule has 0 bridgehead atoms. The van der Waals surface area contributed by atoms with Crippen LogP contribution in [0.5, 0.6) is 0 Å². The van der Waals surface area contributed by atoms with Crippen LogP contribution >= 0.6 is 11.6 Å². The molecule has 1 atom stereocenters. The van der Waals surface area contributed by atoms with Gasteiger partial charge in [-0.25, -0.2) is 0 Å². The summed E-state index contributed by atoms with van der Waals surface area (Å²) >= 11 is 5.75. The van der Waals surface area contributed by atoms with E-state index in [0.717, 1.165) is 5.56 Å². The second-order valence-electron chi connectivity index (χ2n) is 3.73. The monoisotopic (exact) mass is 255 g/mol. The van der Waals surface area contributed by atoms with Crippen LogP contribution in [0.3, 0.4) is 0 Å². The molecule has 1 aromatic carbocycles. The fourth-order valence-electron chi connectivity index (χ4n) is 1.37. The maximum absolute atomic E-state index is 11.4. The first-order chi connectivity index (χ1) is 7.99. The van der Waals surface area contributed by atoms with Gasteiger partial charge in [-0.3, -0.25) is 9.59 Å². The molecule has 1 aromatic rings. The molecule has 0 fully saturated rings. The Morgan fingerprint density at radius 1 is 1.29 bits per heavy atom. The molecular weight excluding hydrogens is 242 g/mol. The molecule has 4 nitrogen and oxygen atoms in total. The van der Waals surface area contributed by atoms with Gasteiger partial charge in [-0.15, -0.1) is 0 Å². The lowest BCUT2D eigenvalue weighted by Crippen LogP contribution is -2.26. The average Bonchev–Trinajstić information content (AvgIpc) is 2.27. The van der Waals surface area contributed by atoms with E-state index >= 15 is 0 Å². The maximum Gasteiger partial charge on any atom is 0.303 e. The van der Waals surface area contributed by atoms with E-state index in [0.29, 0.717) is 5.02 Å². The zero-order valence-corrected chi connectivity index (χ0v) is 10.2. The highest BCUT2D eigenvalue weighted by molar-refractivity contribution is 6.30. The highest BCUT2D eigenvalue weighted by Gasteiger charge is 2.10. The summed E-state index contributed by atoms with van der Waals surface area (Å²) in [6.45, 7) is 1.84. The number of halogens is 1. The van der Waals surface area contributed by atoms with E-state index in [4.69, 9.17) is 16.7 Å². The summed E-state index contributed by atoms with van der Waals surface area (Å²) in [5.41, 5.74) is 0.929. The predicted molar refractivity (Wildman–Crippen MR) is 64.9 cm³/mol. The molecule has 0 aromatic heterocycles. The molecule has 0 unspecified atom stereocenters. The van der Waals surface area contributed by atoms with Crippen LogP contribution in [-0.2, 0) is 9.59 Å². The minimum atomic E-state index is -0.973. The van der Waals surface area contributed by atoms with Crippen molar-refractivity contribution >= 4 is 23.5 Å². The second-order valence-corrected chi connectivity index (χ2v) is 4.17. The van der Waals surface area contributed by atoms with Crippen LogP contribution in [0.1, 0.15) is 31.4 Å². The summed E-state index contributed by atoms with van der Waals surface area (Å²) in [4.78, 5) is 21.7. The van der Waals surface area contributed by atoms with Crippen LogP contribution in [0, 0.1) is 0 Å². The Morgan fingerprint density at radius 3 is 2.41 bits per heavy atom. The van der Waals surface area contributed by atoms with Crippen molar-refractivity contribution in [2.24, 2.45) is 0 Å². The number of amides is 1. The molecule has 0 saturated carbocycles. The second kappa shape index (κ2) is 6.25. The Labute approximate surface area is 105 Å². The largest absolute Gasteiger partial charge is 0.481 e. The third kappa shape index (κ3) is 4.87. The minimum Gasteiger partial charge on any atom is -0.481 e. The van der Waals surface area contributed by atoms with Crippen LogP contribution in [0.25, 0.3) is 0 Å². The molecular formula is C12H14ClNO3. The highest BCUT2D eigenvalue weighted by Crippen LogP contribution is 2.16. The normalized spacial score (nSPS) is 11.9. The van der Waals surface area contributed by atoms with Gasteiger partial charge in [-0.05, 0) is 24.6 Å². The Morgan fingerprint density at radius 2 is 1.88 bits per heavy atom. The summed E-state index contributed by atoms with van der Waals surface area (Å²) < 4.78 is 0. The average molecular weight is 256 g/mol.